The molecule has 4 aromatic carbocycles. The fraction of sp³-hybridized carbons (Fsp3) is 0.359. The Labute approximate surface area is 316 Å². The largest absolute Gasteiger partial charge is 0.491 e. The van der Waals surface area contributed by atoms with Crippen LogP contribution in [0.25, 0.3) is 11.1 Å². The first-order valence-electron chi connectivity index (χ1n) is 17.4. The Kier molecular flexibility index (Phi) is 12.4. The Morgan fingerprint density at radius 1 is 0.981 bits per heavy atom. The summed E-state index contributed by atoms with van der Waals surface area (Å²) in [5.41, 5.74) is 3.09. The van der Waals surface area contributed by atoms with Crippen LogP contribution in [0.3, 0.4) is 0 Å². The molecule has 3 N–H and O–H groups in total. The van der Waals surface area contributed by atoms with Crippen molar-refractivity contribution in [3.8, 4) is 16.9 Å². The number of carbonyl (C=O) groups is 1. The number of hydrogen-bond donors (Lipinski definition) is 3. The second kappa shape index (κ2) is 16.4. The van der Waals surface area contributed by atoms with Gasteiger partial charge in [-0.25, -0.2) is 12.8 Å². The second-order valence-electron chi connectivity index (χ2n) is 13.6. The zero-order valence-corrected chi connectivity index (χ0v) is 32.2. The Morgan fingerprint density at radius 3 is 2.28 bits per heavy atom. The van der Waals surface area contributed by atoms with Crippen molar-refractivity contribution in [3.05, 3.63) is 117 Å². The number of nitro benzene ring substituents is 1. The lowest BCUT2D eigenvalue weighted by Gasteiger charge is -2.43. The molecule has 0 spiro atoms. The van der Waals surface area contributed by atoms with Gasteiger partial charge in [0.25, 0.3) is 15.7 Å². The van der Waals surface area contributed by atoms with Crippen molar-refractivity contribution in [2.45, 2.75) is 70.4 Å². The van der Waals surface area contributed by atoms with Crippen LogP contribution in [0.2, 0.25) is 0 Å². The van der Waals surface area contributed by atoms with Crippen molar-refractivity contribution in [2.75, 3.05) is 29.0 Å². The molecule has 4 aromatic rings. The van der Waals surface area contributed by atoms with Crippen LogP contribution in [-0.2, 0) is 32.5 Å². The zero-order valence-electron chi connectivity index (χ0n) is 30.6. The van der Waals surface area contributed by atoms with Gasteiger partial charge in [0.1, 0.15) is 23.8 Å². The number of carbonyl (C=O) groups excluding carboxylic acids is 1. The highest BCUT2D eigenvalue weighted by atomic mass is 32.3. The number of rotatable bonds is 14. The smallest absolute Gasteiger partial charge is 0.306 e. The van der Waals surface area contributed by atoms with Gasteiger partial charge in [0, 0.05) is 24.0 Å². The first-order valence-corrected chi connectivity index (χ1v) is 20.8. The van der Waals surface area contributed by atoms with E-state index in [-0.39, 0.29) is 68.2 Å². The average Bonchev–Trinajstić information content (AvgIpc) is 3.11. The highest BCUT2D eigenvalue weighted by Crippen LogP contribution is 2.47. The molecule has 1 fully saturated rings. The van der Waals surface area contributed by atoms with Crippen LogP contribution in [0.1, 0.15) is 54.0 Å². The summed E-state index contributed by atoms with van der Waals surface area (Å²) < 4.78 is 76.0. The molecule has 1 aliphatic heterocycles. The maximum atomic E-state index is 15.5. The molecule has 0 atom stereocenters. The second-order valence-corrected chi connectivity index (χ2v) is 17.9. The van der Waals surface area contributed by atoms with Crippen LogP contribution in [0, 0.1) is 36.7 Å². The summed E-state index contributed by atoms with van der Waals surface area (Å²) in [5, 5.41) is 22.9. The lowest BCUT2D eigenvalue weighted by molar-refractivity contribution is -0.387. The number of benzene rings is 4. The van der Waals surface area contributed by atoms with Gasteiger partial charge in [-0.2, -0.15) is 10.6 Å². The maximum Gasteiger partial charge on any atom is 0.306 e. The van der Waals surface area contributed by atoms with Crippen molar-refractivity contribution in [2.24, 2.45) is 0 Å². The molecule has 1 aliphatic rings. The fourth-order valence-corrected chi connectivity index (χ4v) is 9.78. The van der Waals surface area contributed by atoms with E-state index < -0.39 is 53.5 Å². The van der Waals surface area contributed by atoms with Gasteiger partial charge in [-0.3, -0.25) is 28.3 Å². The maximum absolute atomic E-state index is 15.5. The minimum atomic E-state index is -4.64. The number of halogens is 1. The molecule has 0 radical (unpaired) electrons. The Bertz CT molecular complexity index is 2130. The number of ether oxygens (including phenoxy) is 2. The number of nitrogens with zero attached hydrogens (tertiary/aromatic N) is 2. The number of aliphatic hydroxyl groups is 1. The molecule has 1 heterocycles. The summed E-state index contributed by atoms with van der Waals surface area (Å²) in [4.78, 5) is 22.5. The number of aryl methyl sites for hydroxylation is 4. The number of esters is 1. The highest BCUT2D eigenvalue weighted by molar-refractivity contribution is 8.24. The van der Waals surface area contributed by atoms with Crippen molar-refractivity contribution in [1.82, 2.24) is 0 Å². The van der Waals surface area contributed by atoms with Gasteiger partial charge in [-0.15, -0.1) is 0 Å². The molecular formula is C39H45FN2O10S2. The molecular weight excluding hydrogens is 740 g/mol. The van der Waals surface area contributed by atoms with Crippen LogP contribution in [-0.4, -0.2) is 63.8 Å². The van der Waals surface area contributed by atoms with Gasteiger partial charge in [-0.1, -0.05) is 30.3 Å². The summed E-state index contributed by atoms with van der Waals surface area (Å²) in [6.45, 7) is 7.27. The third-order valence-corrected chi connectivity index (χ3v) is 13.1. The molecule has 290 valence electrons. The lowest BCUT2D eigenvalue weighted by Crippen LogP contribution is -2.42. The number of nitro groups is 1. The molecule has 0 bridgehead atoms. The Balaban J connectivity index is 1.49. The molecule has 0 unspecified atom stereocenters. The van der Waals surface area contributed by atoms with Crippen molar-refractivity contribution < 1.29 is 46.2 Å². The van der Waals surface area contributed by atoms with Crippen LogP contribution in [0.4, 0.5) is 15.8 Å². The van der Waals surface area contributed by atoms with Crippen molar-refractivity contribution in [1.29, 1.82) is 0 Å². The zero-order chi connectivity index (χ0) is 39.4. The van der Waals surface area contributed by atoms with E-state index in [4.69, 9.17) is 9.47 Å². The normalized spacial score (nSPS) is 15.6. The molecule has 54 heavy (non-hydrogen) atoms. The van der Waals surface area contributed by atoms with Crippen LogP contribution >= 0.6 is 10.6 Å². The molecule has 5 rings (SSSR count). The minimum absolute atomic E-state index is 0.00782. The van der Waals surface area contributed by atoms with Gasteiger partial charge in [0.15, 0.2) is 4.90 Å². The molecule has 0 aromatic heterocycles. The van der Waals surface area contributed by atoms with E-state index in [2.05, 4.69) is 0 Å². The number of para-hydroxylation sites is 1. The third kappa shape index (κ3) is 9.39. The molecule has 1 saturated heterocycles. The third-order valence-electron chi connectivity index (χ3n) is 9.56. The average molecular weight is 785 g/mol. The van der Waals surface area contributed by atoms with Gasteiger partial charge >= 0.3 is 5.97 Å². The summed E-state index contributed by atoms with van der Waals surface area (Å²) in [7, 11) is -7.31. The predicted molar refractivity (Wildman–Crippen MR) is 206 cm³/mol. The SMILES string of the molecule is CCOC(=O)CCc1ccc(N(Cc2ccc(C)c(-c3c(C)cc(OCC4(O)CCS(O)(O)CC4)cc3C)c2)S(=O)(=O)c2ccccc2[N+](=O)[O-])cc1F. The summed E-state index contributed by atoms with van der Waals surface area (Å²) in [6.07, 6.45) is 0.392. The first-order chi connectivity index (χ1) is 25.4. The molecule has 15 heteroatoms. The van der Waals surface area contributed by atoms with Crippen LogP contribution < -0.4 is 9.04 Å². The molecule has 0 saturated carbocycles. The van der Waals surface area contributed by atoms with E-state index in [0.717, 1.165) is 50.3 Å². The first kappa shape index (κ1) is 40.6. The minimum Gasteiger partial charge on any atom is -0.491 e. The van der Waals surface area contributed by atoms with Gasteiger partial charge in [0.2, 0.25) is 0 Å². The quantitative estimate of drug-likeness (QED) is 0.0648. The highest BCUT2D eigenvalue weighted by Gasteiger charge is 2.36. The van der Waals surface area contributed by atoms with E-state index in [9.17, 15) is 37.5 Å². The Morgan fingerprint density at radius 2 is 1.65 bits per heavy atom. The molecule has 12 nitrogen and oxygen atoms in total. The van der Waals surface area contributed by atoms with Crippen LogP contribution in [0.15, 0.2) is 77.7 Å². The lowest BCUT2D eigenvalue weighted by atomic mass is 9.91. The van der Waals surface area contributed by atoms with Crippen molar-refractivity contribution >= 4 is 38.0 Å². The topological polar surface area (TPSA) is 177 Å². The number of hydrogen-bond acceptors (Lipinski definition) is 10. The Hall–Kier alpha value is -4.54. The van der Waals surface area contributed by atoms with Gasteiger partial charge in [0.05, 0.1) is 23.8 Å². The fourth-order valence-electron chi connectivity index (χ4n) is 6.55. The van der Waals surface area contributed by atoms with E-state index in [1.807, 2.05) is 45.0 Å². The van der Waals surface area contributed by atoms with E-state index >= 15 is 4.39 Å². The van der Waals surface area contributed by atoms with E-state index in [1.54, 1.807) is 13.0 Å². The van der Waals surface area contributed by atoms with Gasteiger partial charge < -0.3 is 14.6 Å². The summed E-state index contributed by atoms with van der Waals surface area (Å²) >= 11 is 0. The van der Waals surface area contributed by atoms with Gasteiger partial charge in [-0.05, 0) is 122 Å². The van der Waals surface area contributed by atoms with E-state index in [0.29, 0.717) is 11.3 Å². The summed E-state index contributed by atoms with van der Waals surface area (Å²) in [6, 6.07) is 17.9. The van der Waals surface area contributed by atoms with Crippen molar-refractivity contribution in [3.63, 3.8) is 0 Å². The number of sulfonamides is 1. The van der Waals surface area contributed by atoms with Crippen LogP contribution in [0.5, 0.6) is 5.75 Å². The molecule has 0 aliphatic carbocycles. The predicted octanol–water partition coefficient (Wildman–Crippen LogP) is 7.87. The monoisotopic (exact) mass is 784 g/mol. The molecule has 0 amide bonds. The summed E-state index contributed by atoms with van der Waals surface area (Å²) in [5.74, 6) is -0.465. The standard InChI is InChI=1S/C39H45FN2O10S2/c1-5-51-37(43)15-13-30-12-14-31(23-34(30)40)41(54(49,50)36-9-7-6-8-35(36)42(45)46)24-29-11-10-26(2)33(22-29)38-27(3)20-32(21-28(38)4)52-25-39(44)16-18-53(47,48)19-17-39/h6-12,14,20-23,44,47-48H,5,13,15-19,24-25H2,1-4H3. The van der Waals surface area contributed by atoms with E-state index in [1.165, 1.54) is 24.3 Å². The number of anilines is 1.